The van der Waals surface area contributed by atoms with Crippen LogP contribution >= 0.6 is 0 Å². The molecule has 2 aromatic carbocycles. The first-order valence-electron chi connectivity index (χ1n) is 15.8. The van der Waals surface area contributed by atoms with Crippen molar-refractivity contribution in [2.24, 2.45) is 0 Å². The van der Waals surface area contributed by atoms with Gasteiger partial charge in [0.25, 0.3) is 0 Å². The number of alkyl halides is 1. The molecule has 0 saturated carbocycles. The molecular weight excluding hydrogens is 597 g/mol. The van der Waals surface area contributed by atoms with Crippen molar-refractivity contribution >= 4 is 22.7 Å². The Hall–Kier alpha value is -3.85. The van der Waals surface area contributed by atoms with Crippen LogP contribution in [0.3, 0.4) is 0 Å². The van der Waals surface area contributed by atoms with Crippen LogP contribution in [0.15, 0.2) is 30.1 Å². The number of aliphatic hydroxyl groups is 1. The van der Waals surface area contributed by atoms with Crippen LogP contribution in [0.4, 0.5) is 19.0 Å². The topological polar surface area (TPSA) is 91.2 Å². The van der Waals surface area contributed by atoms with E-state index in [1.54, 1.807) is 17.9 Å². The van der Waals surface area contributed by atoms with Crippen LogP contribution in [0, 0.1) is 18.2 Å². The Morgan fingerprint density at radius 1 is 1.28 bits per heavy atom. The van der Waals surface area contributed by atoms with E-state index in [9.17, 15) is 19.0 Å². The van der Waals surface area contributed by atoms with E-state index in [1.165, 1.54) is 24.3 Å². The number of terminal acetylenes is 1. The Morgan fingerprint density at radius 2 is 2.11 bits per heavy atom. The minimum atomic E-state index is -1.23. The van der Waals surface area contributed by atoms with Gasteiger partial charge >= 0.3 is 6.01 Å². The van der Waals surface area contributed by atoms with Gasteiger partial charge in [0.1, 0.15) is 47.3 Å². The second-order valence-electron chi connectivity index (χ2n) is 12.9. The molecule has 3 atom stereocenters. The van der Waals surface area contributed by atoms with Gasteiger partial charge in [0, 0.05) is 25.9 Å². The fourth-order valence-corrected chi connectivity index (χ4v) is 7.28. The second-order valence-corrected chi connectivity index (χ2v) is 12.9. The van der Waals surface area contributed by atoms with Gasteiger partial charge in [-0.3, -0.25) is 4.90 Å². The number of β-amino-alcohol motifs (C(OH)–C–C–N with tert-alkyl or cyclic N) is 1. The number of halogens is 3. The van der Waals surface area contributed by atoms with Gasteiger partial charge in [-0.2, -0.15) is 9.97 Å². The first-order chi connectivity index (χ1) is 22.0. The van der Waals surface area contributed by atoms with Crippen LogP contribution in [-0.2, 0) is 17.6 Å². The average Bonchev–Trinajstić information content (AvgIpc) is 3.46. The van der Waals surface area contributed by atoms with Gasteiger partial charge in [0.2, 0.25) is 0 Å². The van der Waals surface area contributed by atoms with E-state index in [2.05, 4.69) is 20.8 Å². The highest BCUT2D eigenvalue weighted by molar-refractivity contribution is 5.91. The van der Waals surface area contributed by atoms with E-state index in [0.29, 0.717) is 47.8 Å². The van der Waals surface area contributed by atoms with Crippen LogP contribution in [-0.4, -0.2) is 88.4 Å². The summed E-state index contributed by atoms with van der Waals surface area (Å²) in [6, 6.07) is 5.85. The number of phenols is 1. The van der Waals surface area contributed by atoms with Crippen LogP contribution in [0.1, 0.15) is 55.5 Å². The van der Waals surface area contributed by atoms with E-state index in [0.717, 1.165) is 19.4 Å². The van der Waals surface area contributed by atoms with Crippen molar-refractivity contribution in [2.45, 2.75) is 63.3 Å². The molecule has 0 amide bonds. The van der Waals surface area contributed by atoms with Crippen molar-refractivity contribution in [2.75, 3.05) is 50.9 Å². The molecule has 46 heavy (non-hydrogen) atoms. The van der Waals surface area contributed by atoms with Crippen LogP contribution < -0.4 is 9.64 Å². The predicted octanol–water partition coefficient (Wildman–Crippen LogP) is 5.11. The van der Waals surface area contributed by atoms with E-state index in [4.69, 9.17) is 15.9 Å². The molecule has 3 aromatic rings. The first-order valence-corrected chi connectivity index (χ1v) is 15.8. The van der Waals surface area contributed by atoms with Crippen LogP contribution in [0.25, 0.3) is 16.8 Å². The van der Waals surface area contributed by atoms with Gasteiger partial charge in [-0.15, -0.1) is 6.42 Å². The molecule has 4 heterocycles. The number of aromatic nitrogens is 2. The minimum absolute atomic E-state index is 0.0177. The van der Waals surface area contributed by atoms with Gasteiger partial charge in [-0.05, 0) is 84.8 Å². The van der Waals surface area contributed by atoms with Gasteiger partial charge < -0.3 is 24.6 Å². The molecule has 0 radical (unpaired) electrons. The molecule has 3 fully saturated rings. The van der Waals surface area contributed by atoms with Gasteiger partial charge in [-0.25, -0.2) is 13.2 Å². The van der Waals surface area contributed by atoms with Crippen molar-refractivity contribution in [3.63, 3.8) is 0 Å². The standard InChI is InChI=1S/C35H39F3N4O4/c1-4-27-29(38)8-7-22-14-26(43)15-23(31(22)27)13-24(36)16-28-30(5-2)39-33(40-32(28)41-11-12-45-20-34(3,44)19-41)46-21-35-9-6-10-42(35)18-25(37)17-35/h2,7-8,14-16,25,43-44H,4,6,9-13,17-21H2,1,3H3/b24-16+/t25-,34+,35+/m1/s1. The third-order valence-corrected chi connectivity index (χ3v) is 9.27. The lowest BCUT2D eigenvalue weighted by Crippen LogP contribution is -2.44. The summed E-state index contributed by atoms with van der Waals surface area (Å²) in [5.74, 6) is 1.72. The van der Waals surface area contributed by atoms with E-state index < -0.39 is 29.0 Å². The van der Waals surface area contributed by atoms with E-state index in [-0.39, 0.29) is 61.6 Å². The lowest BCUT2D eigenvalue weighted by atomic mass is 9.94. The maximum Gasteiger partial charge on any atom is 0.319 e. The molecule has 8 nitrogen and oxygen atoms in total. The van der Waals surface area contributed by atoms with Crippen LogP contribution in [0.5, 0.6) is 11.8 Å². The summed E-state index contributed by atoms with van der Waals surface area (Å²) in [7, 11) is 0. The number of aromatic hydroxyl groups is 1. The van der Waals surface area contributed by atoms with Crippen molar-refractivity contribution in [3.05, 3.63) is 58.3 Å². The molecule has 1 aromatic heterocycles. The number of rotatable bonds is 8. The Kier molecular flexibility index (Phi) is 8.89. The lowest BCUT2D eigenvalue weighted by Gasteiger charge is -2.31. The molecule has 2 N–H and O–H groups in total. The number of anilines is 1. The number of benzene rings is 2. The van der Waals surface area contributed by atoms with Gasteiger partial charge in [-0.1, -0.05) is 13.0 Å². The molecule has 0 aliphatic carbocycles. The Morgan fingerprint density at radius 3 is 2.89 bits per heavy atom. The third-order valence-electron chi connectivity index (χ3n) is 9.27. The molecule has 0 unspecified atom stereocenters. The van der Waals surface area contributed by atoms with Crippen molar-refractivity contribution in [1.82, 2.24) is 14.9 Å². The summed E-state index contributed by atoms with van der Waals surface area (Å²) < 4.78 is 57.0. The molecule has 3 saturated heterocycles. The number of fused-ring (bicyclic) bond motifs is 2. The van der Waals surface area contributed by atoms with E-state index >= 15 is 4.39 Å². The quantitative estimate of drug-likeness (QED) is 0.330. The highest BCUT2D eigenvalue weighted by Gasteiger charge is 2.49. The largest absolute Gasteiger partial charge is 0.508 e. The summed E-state index contributed by atoms with van der Waals surface area (Å²) in [5, 5.41) is 22.5. The average molecular weight is 637 g/mol. The maximum absolute atomic E-state index is 16.1. The van der Waals surface area contributed by atoms with Gasteiger partial charge in [0.15, 0.2) is 0 Å². The fraction of sp³-hybridized carbons (Fsp3) is 0.486. The van der Waals surface area contributed by atoms with Crippen molar-refractivity contribution < 1.29 is 32.9 Å². The summed E-state index contributed by atoms with van der Waals surface area (Å²) in [6.45, 7) is 5.65. The number of hydrogen-bond donors (Lipinski definition) is 2. The molecule has 3 aliphatic heterocycles. The number of allylic oxidation sites excluding steroid dienone is 1. The highest BCUT2D eigenvalue weighted by atomic mass is 19.1. The molecule has 0 spiro atoms. The zero-order valence-corrected chi connectivity index (χ0v) is 26.2. The summed E-state index contributed by atoms with van der Waals surface area (Å²) in [4.78, 5) is 13.0. The predicted molar refractivity (Wildman–Crippen MR) is 170 cm³/mol. The number of nitrogens with zero attached hydrogens (tertiary/aromatic N) is 4. The molecule has 11 heteroatoms. The Balaban J connectivity index is 1.40. The SMILES string of the molecule is C#Cc1nc(OC[C@@]23CCCN2C[C@H](F)C3)nc(N2CCOC[C@@](C)(O)C2)c1/C=C(/F)Cc1cc(O)cc2ccc(F)c(CC)c12. The number of aryl methyl sites for hydroxylation is 1. The zero-order valence-electron chi connectivity index (χ0n) is 26.2. The van der Waals surface area contributed by atoms with Crippen molar-refractivity contribution in [1.29, 1.82) is 0 Å². The number of hydrogen-bond acceptors (Lipinski definition) is 8. The smallest absolute Gasteiger partial charge is 0.319 e. The highest BCUT2D eigenvalue weighted by Crippen LogP contribution is 2.41. The maximum atomic E-state index is 16.1. The Bertz CT molecular complexity index is 1710. The molecule has 6 rings (SSSR count). The summed E-state index contributed by atoms with van der Waals surface area (Å²) >= 11 is 0. The lowest BCUT2D eigenvalue weighted by molar-refractivity contribution is -0.0123. The monoisotopic (exact) mass is 636 g/mol. The molecular formula is C35H39F3N4O4. The first kappa shape index (κ1) is 32.1. The Labute approximate surface area is 266 Å². The number of ether oxygens (including phenoxy) is 2. The number of phenolic OH excluding ortho intramolecular Hbond substituents is 1. The van der Waals surface area contributed by atoms with E-state index in [1.807, 2.05) is 6.92 Å². The van der Waals surface area contributed by atoms with Crippen LogP contribution in [0.2, 0.25) is 0 Å². The minimum Gasteiger partial charge on any atom is -0.508 e. The molecule has 0 bridgehead atoms. The molecule has 3 aliphatic rings. The molecule has 244 valence electrons. The zero-order chi connectivity index (χ0) is 32.6. The van der Waals surface area contributed by atoms with Gasteiger partial charge in [0.05, 0.1) is 30.9 Å². The van der Waals surface area contributed by atoms with Crippen molar-refractivity contribution in [3.8, 4) is 24.1 Å². The fourth-order valence-electron chi connectivity index (χ4n) is 7.28. The normalized spacial score (nSPS) is 25.5. The summed E-state index contributed by atoms with van der Waals surface area (Å²) in [5.41, 5.74) is -0.533. The second kappa shape index (κ2) is 12.7. The third kappa shape index (κ3) is 6.39. The summed E-state index contributed by atoms with van der Waals surface area (Å²) in [6.07, 6.45) is 8.49.